The van der Waals surface area contributed by atoms with Crippen molar-refractivity contribution in [1.82, 2.24) is 14.8 Å². The van der Waals surface area contributed by atoms with Gasteiger partial charge in [-0.15, -0.1) is 11.3 Å². The number of thiophene rings is 1. The van der Waals surface area contributed by atoms with Gasteiger partial charge in [0.05, 0.1) is 4.88 Å². The summed E-state index contributed by atoms with van der Waals surface area (Å²) in [4.78, 5) is 1.18. The molecule has 0 radical (unpaired) electrons. The highest BCUT2D eigenvalue weighted by Crippen LogP contribution is 2.52. The first-order chi connectivity index (χ1) is 8.08. The lowest BCUT2D eigenvalue weighted by atomic mass is 10.1. The number of aromatic amines is 1. The molecule has 1 N–H and O–H groups in total. The van der Waals surface area contributed by atoms with Crippen molar-refractivity contribution in [1.29, 1.82) is 0 Å². The largest absolute Gasteiger partial charge is 0.299 e. The van der Waals surface area contributed by atoms with Crippen LogP contribution in [0.5, 0.6) is 0 Å². The van der Waals surface area contributed by atoms with Crippen LogP contribution in [0.3, 0.4) is 0 Å². The third-order valence-electron chi connectivity index (χ3n) is 3.62. The van der Waals surface area contributed by atoms with Crippen molar-refractivity contribution >= 4 is 23.6 Å². The Morgan fingerprint density at radius 2 is 2.41 bits per heavy atom. The van der Waals surface area contributed by atoms with Gasteiger partial charge in [-0.3, -0.25) is 9.67 Å². The van der Waals surface area contributed by atoms with Gasteiger partial charge < -0.3 is 0 Å². The highest BCUT2D eigenvalue weighted by molar-refractivity contribution is 7.71. The second-order valence-corrected chi connectivity index (χ2v) is 6.66. The average Bonchev–Trinajstić information content (AvgIpc) is 2.73. The molecule has 0 aromatic carbocycles. The zero-order valence-corrected chi connectivity index (χ0v) is 11.6. The Morgan fingerprint density at radius 3 is 3.00 bits per heavy atom. The second kappa shape index (κ2) is 3.78. The van der Waals surface area contributed by atoms with E-state index in [-0.39, 0.29) is 0 Å². The predicted molar refractivity (Wildman–Crippen MR) is 72.6 cm³/mol. The van der Waals surface area contributed by atoms with E-state index in [1.807, 2.05) is 6.07 Å². The fraction of sp³-hybridized carbons (Fsp3) is 0.500. The molecule has 1 unspecified atom stereocenters. The molecule has 1 atom stereocenters. The summed E-state index contributed by atoms with van der Waals surface area (Å²) in [6.07, 6.45) is 1.28. The molecule has 1 saturated carbocycles. The van der Waals surface area contributed by atoms with Gasteiger partial charge in [0.2, 0.25) is 0 Å². The van der Waals surface area contributed by atoms with Crippen LogP contribution in [0.2, 0.25) is 0 Å². The van der Waals surface area contributed by atoms with E-state index in [2.05, 4.69) is 40.1 Å². The first kappa shape index (κ1) is 11.2. The van der Waals surface area contributed by atoms with Gasteiger partial charge in [-0.1, -0.05) is 19.9 Å². The van der Waals surface area contributed by atoms with E-state index in [0.29, 0.717) is 5.41 Å². The van der Waals surface area contributed by atoms with Gasteiger partial charge in [0, 0.05) is 6.54 Å². The number of aromatic nitrogens is 3. The zero-order chi connectivity index (χ0) is 12.0. The Hall–Kier alpha value is -0.940. The molecule has 0 spiro atoms. The fourth-order valence-corrected chi connectivity index (χ4v) is 3.12. The zero-order valence-electron chi connectivity index (χ0n) is 9.93. The summed E-state index contributed by atoms with van der Waals surface area (Å²) in [5, 5.41) is 9.32. The Kier molecular flexibility index (Phi) is 2.48. The molecule has 1 aliphatic carbocycles. The monoisotopic (exact) mass is 265 g/mol. The standard InChI is InChI=1S/C12H15N3S2/c1-12(2)6-8(12)7-15-10(13-14-11(15)16)9-4-3-5-17-9/h3-5,8H,6-7H2,1-2H3,(H,14,16). The minimum absolute atomic E-state index is 0.471. The van der Waals surface area contributed by atoms with Crippen molar-refractivity contribution in [3.8, 4) is 10.7 Å². The molecule has 0 bridgehead atoms. The molecule has 3 nitrogen and oxygen atoms in total. The summed E-state index contributed by atoms with van der Waals surface area (Å²) < 4.78 is 2.87. The predicted octanol–water partition coefficient (Wildman–Crippen LogP) is 3.72. The van der Waals surface area contributed by atoms with Gasteiger partial charge in [0.1, 0.15) is 0 Å². The summed E-state index contributed by atoms with van der Waals surface area (Å²) in [6, 6.07) is 4.13. The molecule has 3 rings (SSSR count). The van der Waals surface area contributed by atoms with Crippen LogP contribution in [0.15, 0.2) is 17.5 Å². The molecule has 0 amide bonds. The number of nitrogens with one attached hydrogen (secondary N) is 1. The molecule has 0 saturated heterocycles. The molecule has 0 aliphatic heterocycles. The molecular weight excluding hydrogens is 250 g/mol. The second-order valence-electron chi connectivity index (χ2n) is 5.33. The summed E-state index contributed by atoms with van der Waals surface area (Å²) in [5.74, 6) is 1.71. The van der Waals surface area contributed by atoms with Crippen LogP contribution in [0.1, 0.15) is 20.3 Å². The molecule has 17 heavy (non-hydrogen) atoms. The maximum atomic E-state index is 5.32. The van der Waals surface area contributed by atoms with E-state index in [1.54, 1.807) is 11.3 Å². The topological polar surface area (TPSA) is 33.6 Å². The highest BCUT2D eigenvalue weighted by atomic mass is 32.1. The smallest absolute Gasteiger partial charge is 0.195 e. The van der Waals surface area contributed by atoms with Crippen molar-refractivity contribution < 1.29 is 0 Å². The molecular formula is C12H15N3S2. The molecule has 2 aromatic rings. The van der Waals surface area contributed by atoms with E-state index in [0.717, 1.165) is 23.1 Å². The van der Waals surface area contributed by atoms with Crippen molar-refractivity contribution in [2.75, 3.05) is 0 Å². The van der Waals surface area contributed by atoms with Crippen LogP contribution >= 0.6 is 23.6 Å². The van der Waals surface area contributed by atoms with Gasteiger partial charge in [0.25, 0.3) is 0 Å². The summed E-state index contributed by atoms with van der Waals surface area (Å²) >= 11 is 7.02. The Bertz CT molecular complexity index is 577. The van der Waals surface area contributed by atoms with Crippen molar-refractivity contribution in [3.63, 3.8) is 0 Å². The Labute approximate surface area is 109 Å². The van der Waals surface area contributed by atoms with Gasteiger partial charge in [-0.25, -0.2) is 0 Å². The van der Waals surface area contributed by atoms with E-state index < -0.39 is 0 Å². The molecule has 1 fully saturated rings. The SMILES string of the molecule is CC1(C)CC1Cn1c(-c2cccs2)n[nH]c1=S. The summed E-state index contributed by atoms with van der Waals surface area (Å²) in [6.45, 7) is 5.61. The van der Waals surface area contributed by atoms with Gasteiger partial charge in [-0.2, -0.15) is 5.10 Å². The number of hydrogen-bond donors (Lipinski definition) is 1. The molecule has 90 valence electrons. The van der Waals surface area contributed by atoms with Crippen molar-refractivity contribution in [3.05, 3.63) is 22.3 Å². The normalized spacial score (nSPS) is 21.6. The van der Waals surface area contributed by atoms with Crippen LogP contribution in [-0.4, -0.2) is 14.8 Å². The molecule has 2 aromatic heterocycles. The van der Waals surface area contributed by atoms with Crippen molar-refractivity contribution in [2.45, 2.75) is 26.8 Å². The van der Waals surface area contributed by atoms with Crippen LogP contribution in [0, 0.1) is 16.1 Å². The lowest BCUT2D eigenvalue weighted by molar-refractivity contribution is 0.498. The lowest BCUT2D eigenvalue weighted by Crippen LogP contribution is -2.05. The number of nitrogens with zero attached hydrogens (tertiary/aromatic N) is 2. The maximum absolute atomic E-state index is 5.32. The first-order valence-corrected chi connectivity index (χ1v) is 7.06. The Morgan fingerprint density at radius 1 is 1.65 bits per heavy atom. The number of rotatable bonds is 3. The van der Waals surface area contributed by atoms with Gasteiger partial charge >= 0.3 is 0 Å². The Balaban J connectivity index is 1.94. The lowest BCUT2D eigenvalue weighted by Gasteiger charge is -2.06. The van der Waals surface area contributed by atoms with Crippen LogP contribution in [-0.2, 0) is 6.54 Å². The minimum Gasteiger partial charge on any atom is -0.299 e. The van der Waals surface area contributed by atoms with Crippen molar-refractivity contribution in [2.24, 2.45) is 11.3 Å². The first-order valence-electron chi connectivity index (χ1n) is 5.77. The van der Waals surface area contributed by atoms with E-state index in [4.69, 9.17) is 12.2 Å². The molecule has 2 heterocycles. The number of H-pyrrole nitrogens is 1. The van der Waals surface area contributed by atoms with E-state index in [1.165, 1.54) is 11.3 Å². The number of hydrogen-bond acceptors (Lipinski definition) is 3. The molecule has 1 aliphatic rings. The van der Waals surface area contributed by atoms with Gasteiger partial charge in [-0.05, 0) is 41.4 Å². The van der Waals surface area contributed by atoms with Gasteiger partial charge in [0.15, 0.2) is 10.6 Å². The third kappa shape index (κ3) is 1.98. The van der Waals surface area contributed by atoms with Crippen LogP contribution < -0.4 is 0 Å². The molecule has 5 heteroatoms. The highest BCUT2D eigenvalue weighted by Gasteiger charge is 2.45. The van der Waals surface area contributed by atoms with E-state index in [9.17, 15) is 0 Å². The summed E-state index contributed by atoms with van der Waals surface area (Å²) in [7, 11) is 0. The quantitative estimate of drug-likeness (QED) is 0.858. The average molecular weight is 265 g/mol. The maximum Gasteiger partial charge on any atom is 0.195 e. The van der Waals surface area contributed by atoms with Crippen LogP contribution in [0.4, 0.5) is 0 Å². The summed E-state index contributed by atoms with van der Waals surface area (Å²) in [5.41, 5.74) is 0.471. The fourth-order valence-electron chi connectivity index (χ4n) is 2.19. The third-order valence-corrected chi connectivity index (χ3v) is 4.80. The van der Waals surface area contributed by atoms with Crippen LogP contribution in [0.25, 0.3) is 10.7 Å². The minimum atomic E-state index is 0.471. The van der Waals surface area contributed by atoms with E-state index >= 15 is 0 Å².